The molecule has 0 saturated heterocycles. The Morgan fingerprint density at radius 2 is 1.55 bits per heavy atom. The van der Waals surface area contributed by atoms with E-state index in [1.54, 1.807) is 0 Å². The number of hydrogen-bond acceptors (Lipinski definition) is 2. The van der Waals surface area contributed by atoms with Crippen LogP contribution >= 0.6 is 0 Å². The van der Waals surface area contributed by atoms with Gasteiger partial charge in [-0.3, -0.25) is 0 Å². The molecule has 20 heavy (non-hydrogen) atoms. The molecular weight excluding hydrogens is 250 g/mol. The number of benzene rings is 2. The van der Waals surface area contributed by atoms with Crippen molar-refractivity contribution < 1.29 is 0 Å². The predicted molar refractivity (Wildman–Crippen MR) is 82.5 cm³/mol. The summed E-state index contributed by atoms with van der Waals surface area (Å²) >= 11 is 0. The highest BCUT2D eigenvalue weighted by Gasteiger charge is 2.18. The highest BCUT2D eigenvalue weighted by molar-refractivity contribution is 5.82. The van der Waals surface area contributed by atoms with Gasteiger partial charge >= 0.3 is 0 Å². The maximum atomic E-state index is 5.41. The fourth-order valence-electron chi connectivity index (χ4n) is 2.57. The molecule has 0 bridgehead atoms. The third-order valence-corrected chi connectivity index (χ3v) is 3.33. The van der Waals surface area contributed by atoms with Crippen LogP contribution in [0.3, 0.4) is 0 Å². The van der Waals surface area contributed by atoms with Crippen molar-refractivity contribution in [3.05, 3.63) is 47.5 Å². The highest BCUT2D eigenvalue weighted by atomic mass is 15.0. The first-order valence-corrected chi connectivity index (χ1v) is 6.27. The van der Waals surface area contributed by atoms with Crippen LogP contribution in [0, 0.1) is 0 Å². The van der Waals surface area contributed by atoms with Gasteiger partial charge in [0.15, 0.2) is 5.96 Å². The molecule has 1 aliphatic rings. The lowest BCUT2D eigenvalue weighted by molar-refractivity contribution is 1.25. The molecule has 0 fully saturated rings. The number of hydrogen-bond donors (Lipinski definition) is 3. The summed E-state index contributed by atoms with van der Waals surface area (Å²) in [7, 11) is 0. The Bertz CT molecular complexity index is 727. The lowest BCUT2D eigenvalue weighted by Gasteiger charge is -2.02. The summed E-state index contributed by atoms with van der Waals surface area (Å²) in [6.07, 6.45) is 2.16. The van der Waals surface area contributed by atoms with Crippen LogP contribution in [0.15, 0.2) is 46.4 Å². The van der Waals surface area contributed by atoms with Crippen LogP contribution in [-0.4, -0.2) is 12.3 Å². The van der Waals surface area contributed by atoms with Gasteiger partial charge in [-0.25, -0.2) is 9.98 Å². The molecule has 6 N–H and O–H groups in total. The first-order valence-electron chi connectivity index (χ1n) is 6.27. The molecule has 0 spiro atoms. The topological polar surface area (TPSA) is 103 Å². The van der Waals surface area contributed by atoms with E-state index in [0.29, 0.717) is 0 Å². The molecule has 0 aromatic heterocycles. The molecule has 0 heterocycles. The molecule has 0 aliphatic heterocycles. The van der Waals surface area contributed by atoms with E-state index < -0.39 is 0 Å². The first-order chi connectivity index (χ1) is 9.67. The third kappa shape index (κ3) is 2.09. The molecule has 0 saturated carbocycles. The molecule has 0 radical (unpaired) electrons. The van der Waals surface area contributed by atoms with Gasteiger partial charge in [-0.1, -0.05) is 12.1 Å². The average Bonchev–Trinajstić information content (AvgIpc) is 2.75. The van der Waals surface area contributed by atoms with E-state index in [1.165, 1.54) is 28.6 Å². The van der Waals surface area contributed by atoms with Crippen LogP contribution in [0.5, 0.6) is 0 Å². The van der Waals surface area contributed by atoms with Crippen molar-refractivity contribution in [3.8, 4) is 11.1 Å². The molecule has 2 aromatic carbocycles. The molecule has 2 aromatic rings. The summed E-state index contributed by atoms with van der Waals surface area (Å²) in [5.41, 5.74) is 22.7. The van der Waals surface area contributed by atoms with Crippen LogP contribution < -0.4 is 17.2 Å². The molecule has 100 valence electrons. The zero-order valence-corrected chi connectivity index (χ0v) is 10.9. The fraction of sp³-hybridized carbons (Fsp3) is 0.0667. The SMILES string of the molecule is NC=Nc1ccc2c(c1)Cc1cc(N=C(N)N)ccc1-2. The number of nitrogens with two attached hydrogens (primary N) is 3. The maximum absolute atomic E-state index is 5.41. The summed E-state index contributed by atoms with van der Waals surface area (Å²) in [6, 6.07) is 12.1. The number of fused-ring (bicyclic) bond motifs is 3. The molecule has 0 atom stereocenters. The second-order valence-corrected chi connectivity index (χ2v) is 4.67. The quantitative estimate of drug-likeness (QED) is 0.486. The lowest BCUT2D eigenvalue weighted by atomic mass is 10.1. The normalized spacial score (nSPS) is 12.2. The van der Waals surface area contributed by atoms with E-state index in [2.05, 4.69) is 28.2 Å². The zero-order valence-electron chi connectivity index (χ0n) is 10.9. The molecular formula is C15H15N5. The number of nitrogens with zero attached hydrogens (tertiary/aromatic N) is 2. The van der Waals surface area contributed by atoms with Gasteiger partial charge in [-0.2, -0.15) is 0 Å². The van der Waals surface area contributed by atoms with E-state index in [9.17, 15) is 0 Å². The maximum Gasteiger partial charge on any atom is 0.191 e. The third-order valence-electron chi connectivity index (χ3n) is 3.33. The van der Waals surface area contributed by atoms with E-state index in [4.69, 9.17) is 17.2 Å². The molecule has 0 amide bonds. The zero-order chi connectivity index (χ0) is 14.1. The summed E-state index contributed by atoms with van der Waals surface area (Å²) in [5, 5.41) is 0. The minimum atomic E-state index is 0.0695. The Balaban J connectivity index is 2.03. The van der Waals surface area contributed by atoms with Crippen molar-refractivity contribution in [3.63, 3.8) is 0 Å². The van der Waals surface area contributed by atoms with Gasteiger partial charge < -0.3 is 17.2 Å². The van der Waals surface area contributed by atoms with Gasteiger partial charge in [-0.15, -0.1) is 0 Å². The van der Waals surface area contributed by atoms with Gasteiger partial charge in [0.25, 0.3) is 0 Å². The standard InChI is InChI=1S/C15H15N5/c16-8-19-11-1-3-13-9(6-11)5-10-7-12(20-15(17)18)2-4-14(10)13/h1-4,6-8H,5H2,(H2,16,19)(H4,17,18,20). The van der Waals surface area contributed by atoms with E-state index >= 15 is 0 Å². The lowest BCUT2D eigenvalue weighted by Crippen LogP contribution is -2.21. The monoisotopic (exact) mass is 265 g/mol. The van der Waals surface area contributed by atoms with E-state index in [0.717, 1.165) is 17.8 Å². The van der Waals surface area contributed by atoms with Gasteiger partial charge in [0.2, 0.25) is 0 Å². The van der Waals surface area contributed by atoms with Gasteiger partial charge in [0.1, 0.15) is 0 Å². The number of guanidine groups is 1. The highest BCUT2D eigenvalue weighted by Crippen LogP contribution is 2.39. The van der Waals surface area contributed by atoms with Crippen molar-refractivity contribution in [1.29, 1.82) is 0 Å². The second kappa shape index (κ2) is 4.70. The van der Waals surface area contributed by atoms with Gasteiger partial charge in [-0.05, 0) is 52.9 Å². The Morgan fingerprint density at radius 1 is 0.950 bits per heavy atom. The van der Waals surface area contributed by atoms with Gasteiger partial charge in [0.05, 0.1) is 17.7 Å². The fourth-order valence-corrected chi connectivity index (χ4v) is 2.57. The Morgan fingerprint density at radius 3 is 2.15 bits per heavy atom. The molecule has 3 rings (SSSR count). The van der Waals surface area contributed by atoms with Crippen molar-refractivity contribution in [2.24, 2.45) is 27.2 Å². The Labute approximate surface area is 116 Å². The smallest absolute Gasteiger partial charge is 0.191 e. The number of aliphatic imine (C=N–C) groups is 2. The van der Waals surface area contributed by atoms with E-state index in [1.807, 2.05) is 18.2 Å². The van der Waals surface area contributed by atoms with Crippen LogP contribution in [-0.2, 0) is 6.42 Å². The summed E-state index contributed by atoms with van der Waals surface area (Å²) in [6.45, 7) is 0. The Kier molecular flexibility index (Phi) is 2.87. The average molecular weight is 265 g/mol. The summed E-state index contributed by atoms with van der Waals surface area (Å²) < 4.78 is 0. The number of rotatable bonds is 2. The molecule has 0 unspecified atom stereocenters. The Hall–Kier alpha value is -2.82. The van der Waals surface area contributed by atoms with Crippen LogP contribution in [0.4, 0.5) is 11.4 Å². The predicted octanol–water partition coefficient (Wildman–Crippen LogP) is 1.78. The molecule has 5 heteroatoms. The van der Waals surface area contributed by atoms with Crippen molar-refractivity contribution in [1.82, 2.24) is 0 Å². The molecule has 1 aliphatic carbocycles. The van der Waals surface area contributed by atoms with Gasteiger partial charge in [0, 0.05) is 0 Å². The largest absolute Gasteiger partial charge is 0.390 e. The molecule has 5 nitrogen and oxygen atoms in total. The minimum absolute atomic E-state index is 0.0695. The van der Waals surface area contributed by atoms with Crippen molar-refractivity contribution >= 4 is 23.7 Å². The van der Waals surface area contributed by atoms with Crippen LogP contribution in [0.1, 0.15) is 11.1 Å². The van der Waals surface area contributed by atoms with E-state index in [-0.39, 0.29) is 5.96 Å². The minimum Gasteiger partial charge on any atom is -0.390 e. The van der Waals surface area contributed by atoms with Crippen LogP contribution in [0.2, 0.25) is 0 Å². The van der Waals surface area contributed by atoms with Crippen molar-refractivity contribution in [2.45, 2.75) is 6.42 Å². The van der Waals surface area contributed by atoms with Crippen molar-refractivity contribution in [2.75, 3.05) is 0 Å². The second-order valence-electron chi connectivity index (χ2n) is 4.67. The van der Waals surface area contributed by atoms with Crippen LogP contribution in [0.25, 0.3) is 11.1 Å². The summed E-state index contributed by atoms with van der Waals surface area (Å²) in [4.78, 5) is 8.18. The first kappa shape index (κ1) is 12.2. The summed E-state index contributed by atoms with van der Waals surface area (Å²) in [5.74, 6) is 0.0695.